The second-order valence-corrected chi connectivity index (χ2v) is 6.97. The van der Waals surface area contributed by atoms with E-state index in [1.165, 1.54) is 18.3 Å². The molecule has 1 amide bonds. The van der Waals surface area contributed by atoms with E-state index in [4.69, 9.17) is 4.74 Å². The van der Waals surface area contributed by atoms with Crippen LogP contribution in [0.2, 0.25) is 0 Å². The van der Waals surface area contributed by atoms with E-state index in [9.17, 15) is 9.59 Å². The molecular formula is C16H24N2O3S. The Morgan fingerprint density at radius 3 is 2.45 bits per heavy atom. The molecule has 122 valence electrons. The van der Waals surface area contributed by atoms with Crippen molar-refractivity contribution in [3.05, 3.63) is 21.9 Å². The molecule has 1 saturated heterocycles. The summed E-state index contributed by atoms with van der Waals surface area (Å²) < 4.78 is 5.39. The van der Waals surface area contributed by atoms with Crippen molar-refractivity contribution in [2.75, 3.05) is 32.8 Å². The lowest BCUT2D eigenvalue weighted by atomic mass is 10.0. The molecule has 2 rings (SSSR count). The number of hydrogen-bond donors (Lipinski definition) is 1. The molecule has 1 N–H and O–H groups in total. The summed E-state index contributed by atoms with van der Waals surface area (Å²) in [6.07, 6.45) is 0. The van der Waals surface area contributed by atoms with Gasteiger partial charge in [0.15, 0.2) is 5.78 Å². The number of nitrogens with one attached hydrogen (secondary N) is 1. The normalized spacial score (nSPS) is 17.5. The second-order valence-electron chi connectivity index (χ2n) is 5.89. The minimum Gasteiger partial charge on any atom is -0.379 e. The first-order valence-electron chi connectivity index (χ1n) is 7.70. The lowest BCUT2D eigenvalue weighted by molar-refractivity contribution is 0.00674. The first-order valence-corrected chi connectivity index (χ1v) is 8.51. The molecule has 5 nitrogen and oxygen atoms in total. The highest BCUT2D eigenvalue weighted by Gasteiger charge is 2.24. The number of nitrogens with zero attached hydrogens (tertiary/aromatic N) is 1. The van der Waals surface area contributed by atoms with Crippen molar-refractivity contribution in [3.8, 4) is 0 Å². The molecule has 0 unspecified atom stereocenters. The summed E-state index contributed by atoms with van der Waals surface area (Å²) in [6, 6.07) is 3.74. The molecule has 6 heteroatoms. The molecule has 0 aliphatic carbocycles. The molecule has 1 aromatic rings. The van der Waals surface area contributed by atoms with Crippen molar-refractivity contribution in [2.24, 2.45) is 5.92 Å². The molecule has 0 radical (unpaired) electrons. The number of ether oxygens (including phenoxy) is 1. The minimum absolute atomic E-state index is 0.00239. The molecule has 1 fully saturated rings. The maximum absolute atomic E-state index is 12.2. The number of carbonyl (C=O) groups excluding carboxylic acids is 2. The van der Waals surface area contributed by atoms with Gasteiger partial charge in [-0.05, 0) is 25.0 Å². The van der Waals surface area contributed by atoms with Crippen molar-refractivity contribution in [2.45, 2.75) is 26.8 Å². The first-order chi connectivity index (χ1) is 10.5. The number of hydrogen-bond acceptors (Lipinski definition) is 5. The van der Waals surface area contributed by atoms with Gasteiger partial charge in [-0.25, -0.2) is 0 Å². The SMILES string of the molecule is CC(=O)c1ccc(C(=O)NC[C@@H](C(C)C)N2CCOCC2)s1. The van der Waals surface area contributed by atoms with Crippen molar-refractivity contribution in [1.29, 1.82) is 0 Å². The van der Waals surface area contributed by atoms with E-state index in [0.717, 1.165) is 26.3 Å². The van der Waals surface area contributed by atoms with Gasteiger partial charge >= 0.3 is 0 Å². The average Bonchev–Trinajstić information content (AvgIpc) is 2.98. The zero-order valence-electron chi connectivity index (χ0n) is 13.4. The molecule has 0 aromatic carbocycles. The Labute approximate surface area is 135 Å². The molecule has 0 bridgehead atoms. The van der Waals surface area contributed by atoms with E-state index < -0.39 is 0 Å². The van der Waals surface area contributed by atoms with Crippen LogP contribution in [0, 0.1) is 5.92 Å². The van der Waals surface area contributed by atoms with Crippen LogP contribution >= 0.6 is 11.3 Å². The lowest BCUT2D eigenvalue weighted by Gasteiger charge is -2.36. The van der Waals surface area contributed by atoms with Gasteiger partial charge in [-0.2, -0.15) is 0 Å². The molecule has 1 atom stereocenters. The number of carbonyl (C=O) groups is 2. The van der Waals surface area contributed by atoms with E-state index in [0.29, 0.717) is 28.3 Å². The fourth-order valence-corrected chi connectivity index (χ4v) is 3.45. The van der Waals surface area contributed by atoms with Gasteiger partial charge in [0.25, 0.3) is 5.91 Å². The van der Waals surface area contributed by atoms with E-state index in [1.807, 2.05) is 0 Å². The Morgan fingerprint density at radius 2 is 1.91 bits per heavy atom. The fourth-order valence-electron chi connectivity index (χ4n) is 2.63. The standard InChI is InChI=1S/C16H24N2O3S/c1-11(2)13(18-6-8-21-9-7-18)10-17-16(20)15-5-4-14(22-15)12(3)19/h4-5,11,13H,6-10H2,1-3H3,(H,17,20)/t13-/m0/s1. The van der Waals surface area contributed by atoms with Crippen LogP contribution in [0.1, 0.15) is 40.1 Å². The van der Waals surface area contributed by atoms with Crippen molar-refractivity contribution in [3.63, 3.8) is 0 Å². The van der Waals surface area contributed by atoms with E-state index >= 15 is 0 Å². The number of Topliss-reactive ketones (excluding diaryl/α,β-unsaturated/α-hetero) is 1. The van der Waals surface area contributed by atoms with Gasteiger partial charge in [0.2, 0.25) is 0 Å². The highest BCUT2D eigenvalue weighted by atomic mass is 32.1. The maximum Gasteiger partial charge on any atom is 0.261 e. The summed E-state index contributed by atoms with van der Waals surface area (Å²) >= 11 is 1.25. The molecule has 1 aliphatic heterocycles. The van der Waals surface area contributed by atoms with Crippen LogP contribution in [0.25, 0.3) is 0 Å². The van der Waals surface area contributed by atoms with Crippen LogP contribution in [0.4, 0.5) is 0 Å². The van der Waals surface area contributed by atoms with Crippen LogP contribution in [0.3, 0.4) is 0 Å². The lowest BCUT2D eigenvalue weighted by Crippen LogP contribution is -2.51. The third-order valence-corrected chi connectivity index (χ3v) is 5.12. The summed E-state index contributed by atoms with van der Waals surface area (Å²) in [7, 11) is 0. The Hall–Kier alpha value is -1.24. The third kappa shape index (κ3) is 4.38. The molecule has 0 spiro atoms. The zero-order chi connectivity index (χ0) is 16.1. The maximum atomic E-state index is 12.2. The first kappa shape index (κ1) is 17.1. The smallest absolute Gasteiger partial charge is 0.261 e. The second kappa shape index (κ2) is 7.85. The highest BCUT2D eigenvalue weighted by molar-refractivity contribution is 7.15. The molecular weight excluding hydrogens is 300 g/mol. The Balaban J connectivity index is 1.93. The monoisotopic (exact) mass is 324 g/mol. The molecule has 1 aromatic heterocycles. The fraction of sp³-hybridized carbons (Fsp3) is 0.625. The van der Waals surface area contributed by atoms with E-state index in [2.05, 4.69) is 24.1 Å². The largest absolute Gasteiger partial charge is 0.379 e. The van der Waals surface area contributed by atoms with Crippen LogP contribution in [0.5, 0.6) is 0 Å². The van der Waals surface area contributed by atoms with Crippen LogP contribution < -0.4 is 5.32 Å². The van der Waals surface area contributed by atoms with Gasteiger partial charge in [0, 0.05) is 25.7 Å². The average molecular weight is 324 g/mol. The van der Waals surface area contributed by atoms with Crippen LogP contribution in [-0.4, -0.2) is 55.5 Å². The van der Waals surface area contributed by atoms with Crippen LogP contribution in [0.15, 0.2) is 12.1 Å². The highest BCUT2D eigenvalue weighted by Crippen LogP contribution is 2.17. The van der Waals surface area contributed by atoms with Gasteiger partial charge in [-0.3, -0.25) is 14.5 Å². The number of thiophene rings is 1. The van der Waals surface area contributed by atoms with Crippen LogP contribution in [-0.2, 0) is 4.74 Å². The van der Waals surface area contributed by atoms with Gasteiger partial charge in [0.05, 0.1) is 23.0 Å². The van der Waals surface area contributed by atoms with Gasteiger partial charge in [-0.1, -0.05) is 13.8 Å². The van der Waals surface area contributed by atoms with Crippen molar-refractivity contribution in [1.82, 2.24) is 10.2 Å². The van der Waals surface area contributed by atoms with Crippen molar-refractivity contribution >= 4 is 23.0 Å². The zero-order valence-corrected chi connectivity index (χ0v) is 14.2. The van der Waals surface area contributed by atoms with E-state index in [-0.39, 0.29) is 11.7 Å². The summed E-state index contributed by atoms with van der Waals surface area (Å²) in [5.41, 5.74) is 0. The Morgan fingerprint density at radius 1 is 1.27 bits per heavy atom. The predicted octanol–water partition coefficient (Wildman–Crippen LogP) is 2.04. The van der Waals surface area contributed by atoms with Crippen molar-refractivity contribution < 1.29 is 14.3 Å². The summed E-state index contributed by atoms with van der Waals surface area (Å²) in [4.78, 5) is 27.1. The molecule has 2 heterocycles. The Bertz CT molecular complexity index is 521. The number of amides is 1. The van der Waals surface area contributed by atoms with Gasteiger partial charge in [-0.15, -0.1) is 11.3 Å². The minimum atomic E-state index is -0.101. The van der Waals surface area contributed by atoms with Gasteiger partial charge in [0.1, 0.15) is 0 Å². The molecule has 22 heavy (non-hydrogen) atoms. The van der Waals surface area contributed by atoms with Gasteiger partial charge < -0.3 is 10.1 Å². The predicted molar refractivity (Wildman–Crippen MR) is 87.7 cm³/mol. The Kier molecular flexibility index (Phi) is 6.11. The summed E-state index contributed by atoms with van der Waals surface area (Å²) in [5.74, 6) is 0.350. The number of morpholine rings is 1. The summed E-state index contributed by atoms with van der Waals surface area (Å²) in [6.45, 7) is 9.80. The topological polar surface area (TPSA) is 58.6 Å². The van der Waals surface area contributed by atoms with E-state index in [1.54, 1.807) is 12.1 Å². The summed E-state index contributed by atoms with van der Waals surface area (Å²) in [5, 5.41) is 3.01. The number of ketones is 1. The third-order valence-electron chi connectivity index (χ3n) is 3.93. The molecule has 0 saturated carbocycles. The number of rotatable bonds is 6. The quantitative estimate of drug-likeness (QED) is 0.814. The molecule has 1 aliphatic rings.